The number of sulfonamides is 1. The number of hydrogen-bond acceptors (Lipinski definition) is 4. The van der Waals surface area contributed by atoms with Gasteiger partial charge in [0.05, 0.1) is 4.90 Å². The monoisotopic (exact) mass is 540 g/mol. The second kappa shape index (κ2) is 11.6. The molecule has 1 heterocycles. The van der Waals surface area contributed by atoms with E-state index in [4.69, 9.17) is 0 Å². The fourth-order valence-corrected chi connectivity index (χ4v) is 4.63. The van der Waals surface area contributed by atoms with Crippen LogP contribution in [0.3, 0.4) is 0 Å². The van der Waals surface area contributed by atoms with Gasteiger partial charge in [0.15, 0.2) is 5.96 Å². The average Bonchev–Trinajstić information content (AvgIpc) is 2.69. The van der Waals surface area contributed by atoms with Gasteiger partial charge in [0.2, 0.25) is 10.0 Å². The van der Waals surface area contributed by atoms with Gasteiger partial charge in [-0.25, -0.2) is 8.42 Å². The number of nitrogens with one attached hydrogen (secondary N) is 2. The Morgan fingerprint density at radius 2 is 1.82 bits per heavy atom. The molecule has 0 aromatic heterocycles. The molecule has 1 aromatic rings. The van der Waals surface area contributed by atoms with E-state index in [0.717, 1.165) is 31.9 Å². The zero-order chi connectivity index (χ0) is 19.9. The minimum absolute atomic E-state index is 0. The number of aliphatic imine (C=N–C) groups is 1. The molecule has 0 saturated carbocycles. The zero-order valence-electron chi connectivity index (χ0n) is 17.1. The summed E-state index contributed by atoms with van der Waals surface area (Å²) in [4.78, 5) is 4.66. The average molecular weight is 541 g/mol. The summed E-state index contributed by atoms with van der Waals surface area (Å²) in [5, 5.41) is 6.75. The van der Waals surface area contributed by atoms with E-state index in [1.54, 1.807) is 35.6 Å². The van der Waals surface area contributed by atoms with Crippen LogP contribution in [-0.4, -0.2) is 62.9 Å². The summed E-state index contributed by atoms with van der Waals surface area (Å²) in [7, 11) is -1.60. The summed E-state index contributed by atoms with van der Waals surface area (Å²) in [5.74, 6) is 1.25. The van der Waals surface area contributed by atoms with Crippen LogP contribution in [0.15, 0.2) is 40.2 Å². The Bertz CT molecular complexity index is 719. The van der Waals surface area contributed by atoms with Crippen molar-refractivity contribution in [1.82, 2.24) is 14.9 Å². The van der Waals surface area contributed by atoms with Gasteiger partial charge in [-0.1, -0.05) is 18.2 Å². The first-order valence-electron chi connectivity index (χ1n) is 9.33. The van der Waals surface area contributed by atoms with Gasteiger partial charge >= 0.3 is 0 Å². The van der Waals surface area contributed by atoms with Crippen molar-refractivity contribution in [2.45, 2.75) is 36.3 Å². The molecule has 0 aliphatic carbocycles. The summed E-state index contributed by atoms with van der Waals surface area (Å²) >= 11 is 1.82. The Morgan fingerprint density at radius 3 is 2.36 bits per heavy atom. The van der Waals surface area contributed by atoms with Crippen LogP contribution < -0.4 is 10.6 Å². The van der Waals surface area contributed by atoms with Crippen molar-refractivity contribution in [1.29, 1.82) is 0 Å². The van der Waals surface area contributed by atoms with Gasteiger partial charge in [-0.2, -0.15) is 16.1 Å². The Labute approximate surface area is 191 Å². The van der Waals surface area contributed by atoms with E-state index in [-0.39, 0.29) is 28.7 Å². The molecule has 0 amide bonds. The Morgan fingerprint density at radius 1 is 1.21 bits per heavy atom. The highest BCUT2D eigenvalue weighted by Gasteiger charge is 2.29. The summed E-state index contributed by atoms with van der Waals surface area (Å²) < 4.78 is 27.1. The minimum Gasteiger partial charge on any atom is -0.356 e. The molecule has 2 rings (SSSR count). The van der Waals surface area contributed by atoms with Crippen molar-refractivity contribution in [3.05, 3.63) is 30.3 Å². The third kappa shape index (κ3) is 7.38. The molecule has 1 aromatic carbocycles. The number of benzene rings is 1. The van der Waals surface area contributed by atoms with Gasteiger partial charge in [0.1, 0.15) is 0 Å². The molecule has 1 aliphatic rings. The van der Waals surface area contributed by atoms with E-state index in [1.807, 2.05) is 17.8 Å². The Balaban J connectivity index is 0.00000392. The van der Waals surface area contributed by atoms with Gasteiger partial charge in [-0.15, -0.1) is 24.0 Å². The lowest BCUT2D eigenvalue weighted by Gasteiger charge is -2.31. The van der Waals surface area contributed by atoms with Crippen molar-refractivity contribution in [2.24, 2.45) is 10.9 Å². The first-order valence-corrected chi connectivity index (χ1v) is 12.0. The molecule has 28 heavy (non-hydrogen) atoms. The molecule has 0 unspecified atom stereocenters. The number of hydrogen-bond donors (Lipinski definition) is 2. The van der Waals surface area contributed by atoms with E-state index in [9.17, 15) is 8.42 Å². The van der Waals surface area contributed by atoms with Crippen LogP contribution in [-0.2, 0) is 10.0 Å². The van der Waals surface area contributed by atoms with Gasteiger partial charge < -0.3 is 10.6 Å². The van der Waals surface area contributed by atoms with Gasteiger partial charge in [-0.05, 0) is 51.0 Å². The highest BCUT2D eigenvalue weighted by Crippen LogP contribution is 2.23. The molecule has 0 radical (unpaired) electrons. The van der Waals surface area contributed by atoms with Crippen LogP contribution in [0.5, 0.6) is 0 Å². The smallest absolute Gasteiger partial charge is 0.243 e. The SMILES string of the molecule is CN=C(NCC1CCN(S(=O)(=O)c2ccccc2)CC1)NCC(C)(C)SC.I. The number of halogens is 1. The van der Waals surface area contributed by atoms with E-state index >= 15 is 0 Å². The van der Waals surface area contributed by atoms with E-state index in [1.165, 1.54) is 0 Å². The number of guanidine groups is 1. The molecule has 160 valence electrons. The molecule has 1 fully saturated rings. The highest BCUT2D eigenvalue weighted by atomic mass is 127. The van der Waals surface area contributed by atoms with Crippen molar-refractivity contribution in [3.63, 3.8) is 0 Å². The minimum atomic E-state index is -3.37. The molecule has 9 heteroatoms. The third-order valence-electron chi connectivity index (χ3n) is 4.97. The molecule has 1 saturated heterocycles. The number of piperidine rings is 1. The van der Waals surface area contributed by atoms with Crippen molar-refractivity contribution < 1.29 is 8.42 Å². The normalized spacial score (nSPS) is 17.1. The molecule has 1 aliphatic heterocycles. The summed E-state index contributed by atoms with van der Waals surface area (Å²) in [6, 6.07) is 8.68. The van der Waals surface area contributed by atoms with Crippen LogP contribution in [0.4, 0.5) is 0 Å². The van der Waals surface area contributed by atoms with Crippen molar-refractivity contribution in [3.8, 4) is 0 Å². The van der Waals surface area contributed by atoms with Gasteiger partial charge in [0.25, 0.3) is 0 Å². The fraction of sp³-hybridized carbons (Fsp3) is 0.632. The van der Waals surface area contributed by atoms with E-state index in [0.29, 0.717) is 23.9 Å². The lowest BCUT2D eigenvalue weighted by Crippen LogP contribution is -2.46. The Kier molecular flexibility index (Phi) is 10.6. The number of nitrogens with zero attached hydrogens (tertiary/aromatic N) is 2. The van der Waals surface area contributed by atoms with E-state index < -0.39 is 10.0 Å². The molecular weight excluding hydrogens is 507 g/mol. The molecular formula is C19H33IN4O2S2. The third-order valence-corrected chi connectivity index (χ3v) is 8.13. The molecule has 0 atom stereocenters. The standard InChI is InChI=1S/C19H32N4O2S2.HI/c1-19(2,26-4)15-22-18(20-3)21-14-16-10-12-23(13-11-16)27(24,25)17-8-6-5-7-9-17;/h5-9,16H,10-15H2,1-4H3,(H2,20,21,22);1H. The maximum absolute atomic E-state index is 12.7. The number of thioether (sulfide) groups is 1. The fourth-order valence-electron chi connectivity index (χ4n) is 2.93. The predicted octanol–water partition coefficient (Wildman–Crippen LogP) is 3.01. The molecule has 0 bridgehead atoms. The topological polar surface area (TPSA) is 73.8 Å². The van der Waals surface area contributed by atoms with Crippen molar-refractivity contribution >= 4 is 51.7 Å². The van der Waals surface area contributed by atoms with Crippen LogP contribution in [0.1, 0.15) is 26.7 Å². The van der Waals surface area contributed by atoms with Crippen LogP contribution in [0.25, 0.3) is 0 Å². The first kappa shape index (κ1) is 25.5. The summed E-state index contributed by atoms with van der Waals surface area (Å²) in [6.45, 7) is 7.16. The molecule has 6 nitrogen and oxygen atoms in total. The van der Waals surface area contributed by atoms with Gasteiger partial charge in [0, 0.05) is 38.0 Å². The maximum Gasteiger partial charge on any atom is 0.243 e. The van der Waals surface area contributed by atoms with Gasteiger partial charge in [-0.3, -0.25) is 4.99 Å². The Hall–Kier alpha value is -0.520. The summed E-state index contributed by atoms with van der Waals surface area (Å²) in [6.07, 6.45) is 3.81. The first-order chi connectivity index (χ1) is 12.8. The van der Waals surface area contributed by atoms with Crippen LogP contribution in [0.2, 0.25) is 0 Å². The van der Waals surface area contributed by atoms with E-state index in [2.05, 4.69) is 35.7 Å². The van der Waals surface area contributed by atoms with Crippen LogP contribution in [0, 0.1) is 5.92 Å². The lowest BCUT2D eigenvalue weighted by molar-refractivity contribution is 0.273. The quantitative estimate of drug-likeness (QED) is 0.316. The van der Waals surface area contributed by atoms with Crippen LogP contribution >= 0.6 is 35.7 Å². The lowest BCUT2D eigenvalue weighted by atomic mass is 9.98. The summed E-state index contributed by atoms with van der Waals surface area (Å²) in [5.41, 5.74) is 0. The molecule has 2 N–H and O–H groups in total. The predicted molar refractivity (Wildman–Crippen MR) is 130 cm³/mol. The number of rotatable bonds is 7. The van der Waals surface area contributed by atoms with Crippen molar-refractivity contribution in [2.75, 3.05) is 39.5 Å². The second-order valence-electron chi connectivity index (χ2n) is 7.43. The second-order valence-corrected chi connectivity index (χ2v) is 10.9. The molecule has 0 spiro atoms. The highest BCUT2D eigenvalue weighted by molar-refractivity contribution is 14.0. The zero-order valence-corrected chi connectivity index (χ0v) is 21.1. The largest absolute Gasteiger partial charge is 0.356 e. The maximum atomic E-state index is 12.7.